The third kappa shape index (κ3) is 2.95. The number of aliphatic imine (C=N–C) groups is 1. The van der Waals surface area contributed by atoms with E-state index in [0.717, 1.165) is 12.0 Å². The Balaban J connectivity index is 2.45. The van der Waals surface area contributed by atoms with E-state index in [2.05, 4.69) is 15.0 Å². The van der Waals surface area contributed by atoms with Crippen LogP contribution in [0.1, 0.15) is 45.6 Å². The van der Waals surface area contributed by atoms with Crippen molar-refractivity contribution in [2.75, 3.05) is 5.32 Å². The van der Waals surface area contributed by atoms with Gasteiger partial charge in [-0.25, -0.2) is 18.1 Å². The summed E-state index contributed by atoms with van der Waals surface area (Å²) in [7, 11) is -3.54. The van der Waals surface area contributed by atoms with Crippen molar-refractivity contribution < 1.29 is 8.42 Å². The van der Waals surface area contributed by atoms with E-state index in [-0.39, 0.29) is 16.9 Å². The molecule has 0 aromatic heterocycles. The maximum absolute atomic E-state index is 12.3. The van der Waals surface area contributed by atoms with Gasteiger partial charge in [0.15, 0.2) is 0 Å². The predicted octanol–water partition coefficient (Wildman–Crippen LogP) is 2.67. The van der Waals surface area contributed by atoms with Gasteiger partial charge in [0.1, 0.15) is 4.90 Å². The molecule has 1 aromatic rings. The highest BCUT2D eigenvalue weighted by atomic mass is 32.2. The van der Waals surface area contributed by atoms with Crippen molar-refractivity contribution in [1.82, 2.24) is 4.72 Å². The zero-order chi connectivity index (χ0) is 14.9. The summed E-state index contributed by atoms with van der Waals surface area (Å²) >= 11 is 0. The van der Waals surface area contributed by atoms with Crippen LogP contribution >= 0.6 is 0 Å². The largest absolute Gasteiger partial charge is 0.324 e. The molecule has 6 heteroatoms. The number of guanidine groups is 1. The molecule has 0 aliphatic carbocycles. The fourth-order valence-electron chi connectivity index (χ4n) is 1.93. The van der Waals surface area contributed by atoms with Gasteiger partial charge in [-0.1, -0.05) is 26.8 Å². The second-order valence-corrected chi connectivity index (χ2v) is 7.03. The summed E-state index contributed by atoms with van der Waals surface area (Å²) in [5, 5.41) is 3.04. The molecule has 2 N–H and O–H groups in total. The van der Waals surface area contributed by atoms with E-state index in [4.69, 9.17) is 0 Å². The normalized spacial score (nSPS) is 20.1. The first-order chi connectivity index (χ1) is 9.33. The van der Waals surface area contributed by atoms with E-state index in [1.165, 1.54) is 0 Å². The number of nitrogens with one attached hydrogen (secondary N) is 2. The summed E-state index contributed by atoms with van der Waals surface area (Å²) in [6.07, 6.45) is 0.853. The smallest absolute Gasteiger partial charge is 0.266 e. The molecule has 0 amide bonds. The van der Waals surface area contributed by atoms with E-state index in [1.807, 2.05) is 33.8 Å². The Labute approximate surface area is 120 Å². The molecule has 20 heavy (non-hydrogen) atoms. The van der Waals surface area contributed by atoms with E-state index in [9.17, 15) is 8.42 Å². The van der Waals surface area contributed by atoms with Gasteiger partial charge >= 0.3 is 0 Å². The lowest BCUT2D eigenvalue weighted by atomic mass is 10.0. The molecular formula is C14H21N3O2S. The van der Waals surface area contributed by atoms with Gasteiger partial charge in [-0.15, -0.1) is 0 Å². The zero-order valence-corrected chi connectivity index (χ0v) is 13.1. The minimum atomic E-state index is -3.54. The lowest BCUT2D eigenvalue weighted by Crippen LogP contribution is -2.41. The Hall–Kier alpha value is -1.56. The fourth-order valence-corrected chi connectivity index (χ4v) is 3.10. The van der Waals surface area contributed by atoms with Crippen molar-refractivity contribution >= 4 is 21.7 Å². The van der Waals surface area contributed by atoms with Crippen LogP contribution in [0.2, 0.25) is 0 Å². The molecule has 0 spiro atoms. The van der Waals surface area contributed by atoms with E-state index >= 15 is 0 Å². The molecule has 0 saturated heterocycles. The lowest BCUT2D eigenvalue weighted by molar-refractivity contribution is 0.591. The minimum absolute atomic E-state index is 0.0664. The van der Waals surface area contributed by atoms with Gasteiger partial charge in [0, 0.05) is 0 Å². The summed E-state index contributed by atoms with van der Waals surface area (Å²) in [4.78, 5) is 4.61. The summed E-state index contributed by atoms with van der Waals surface area (Å²) in [6.45, 7) is 8.02. The van der Waals surface area contributed by atoms with Gasteiger partial charge in [-0.05, 0) is 37.0 Å². The number of rotatable bonds is 3. The second-order valence-electron chi connectivity index (χ2n) is 5.38. The summed E-state index contributed by atoms with van der Waals surface area (Å²) in [6, 6.07) is 5.53. The average molecular weight is 295 g/mol. The van der Waals surface area contributed by atoms with Crippen molar-refractivity contribution in [2.24, 2.45) is 4.99 Å². The van der Waals surface area contributed by atoms with Crippen LogP contribution < -0.4 is 10.0 Å². The highest BCUT2D eigenvalue weighted by molar-refractivity contribution is 7.90. The standard InChI is InChI=1S/C14H21N3O2S/c1-5-10(4)15-14-16-12-7-6-11(9(2)3)8-13(12)20(18,19)17-14/h6-10H,5H2,1-4H3,(H2,15,16,17). The highest BCUT2D eigenvalue weighted by Gasteiger charge is 2.27. The van der Waals surface area contributed by atoms with Gasteiger partial charge in [-0.3, -0.25) is 0 Å². The average Bonchev–Trinajstić information content (AvgIpc) is 2.37. The number of sulfonamides is 1. The van der Waals surface area contributed by atoms with Crippen LogP contribution in [0, 0.1) is 0 Å². The molecule has 110 valence electrons. The number of fused-ring (bicyclic) bond motifs is 1. The second kappa shape index (κ2) is 5.44. The molecule has 0 fully saturated rings. The van der Waals surface area contributed by atoms with Crippen molar-refractivity contribution in [2.45, 2.75) is 51.0 Å². The molecule has 1 aliphatic rings. The molecule has 2 rings (SSSR count). The maximum atomic E-state index is 12.3. The fraction of sp³-hybridized carbons (Fsp3) is 0.500. The van der Waals surface area contributed by atoms with Crippen LogP contribution in [0.4, 0.5) is 5.69 Å². The summed E-state index contributed by atoms with van der Waals surface area (Å²) in [5.74, 6) is 0.579. The highest BCUT2D eigenvalue weighted by Crippen LogP contribution is 2.28. The first-order valence-electron chi connectivity index (χ1n) is 6.85. The first kappa shape index (κ1) is 14.8. The van der Waals surface area contributed by atoms with Crippen LogP contribution in [0.15, 0.2) is 28.1 Å². The van der Waals surface area contributed by atoms with E-state index < -0.39 is 10.0 Å². The van der Waals surface area contributed by atoms with Gasteiger partial charge in [-0.2, -0.15) is 0 Å². The van der Waals surface area contributed by atoms with Crippen molar-refractivity contribution in [3.05, 3.63) is 23.8 Å². The monoisotopic (exact) mass is 295 g/mol. The number of nitrogens with zero attached hydrogens (tertiary/aromatic N) is 1. The van der Waals surface area contributed by atoms with Gasteiger partial charge < -0.3 is 5.32 Å². The topological polar surface area (TPSA) is 70.6 Å². The quantitative estimate of drug-likeness (QED) is 0.900. The molecule has 1 atom stereocenters. The SMILES string of the molecule is CCC(C)N=C1Nc2ccc(C(C)C)cc2S(=O)(=O)N1. The predicted molar refractivity (Wildman–Crippen MR) is 81.7 cm³/mol. The number of hydrogen-bond acceptors (Lipinski definition) is 3. The molecule has 1 aromatic carbocycles. The van der Waals surface area contributed by atoms with Crippen LogP contribution in [0.3, 0.4) is 0 Å². The van der Waals surface area contributed by atoms with Crippen molar-refractivity contribution in [1.29, 1.82) is 0 Å². The molecule has 1 aliphatic heterocycles. The van der Waals surface area contributed by atoms with E-state index in [1.54, 1.807) is 12.1 Å². The Morgan fingerprint density at radius 1 is 1.25 bits per heavy atom. The Morgan fingerprint density at radius 2 is 1.95 bits per heavy atom. The van der Waals surface area contributed by atoms with Crippen LogP contribution in [0.5, 0.6) is 0 Å². The molecule has 1 unspecified atom stereocenters. The number of benzene rings is 1. The van der Waals surface area contributed by atoms with Crippen molar-refractivity contribution in [3.63, 3.8) is 0 Å². The number of hydrogen-bond donors (Lipinski definition) is 2. The molecule has 0 saturated carbocycles. The van der Waals surface area contributed by atoms with Gasteiger partial charge in [0.25, 0.3) is 10.0 Å². The molecule has 1 heterocycles. The van der Waals surface area contributed by atoms with Gasteiger partial charge in [0.05, 0.1) is 11.7 Å². The van der Waals surface area contributed by atoms with Crippen LogP contribution in [-0.2, 0) is 10.0 Å². The molecule has 0 bridgehead atoms. The summed E-state index contributed by atoms with van der Waals surface area (Å²) < 4.78 is 27.1. The lowest BCUT2D eigenvalue weighted by Gasteiger charge is -2.23. The first-order valence-corrected chi connectivity index (χ1v) is 8.33. The van der Waals surface area contributed by atoms with Crippen LogP contribution in [0.25, 0.3) is 0 Å². The molecule has 0 radical (unpaired) electrons. The Kier molecular flexibility index (Phi) is 4.04. The van der Waals surface area contributed by atoms with Crippen LogP contribution in [-0.4, -0.2) is 20.4 Å². The third-order valence-electron chi connectivity index (χ3n) is 3.39. The van der Waals surface area contributed by atoms with Gasteiger partial charge in [0.2, 0.25) is 5.96 Å². The zero-order valence-electron chi connectivity index (χ0n) is 12.3. The van der Waals surface area contributed by atoms with E-state index in [0.29, 0.717) is 11.6 Å². The Morgan fingerprint density at radius 3 is 2.55 bits per heavy atom. The molecule has 5 nitrogen and oxygen atoms in total. The Bertz CT molecular complexity index is 636. The maximum Gasteiger partial charge on any atom is 0.266 e. The minimum Gasteiger partial charge on any atom is -0.324 e. The third-order valence-corrected chi connectivity index (χ3v) is 4.77. The number of anilines is 1. The summed E-state index contributed by atoms with van der Waals surface area (Å²) in [5.41, 5.74) is 1.58. The van der Waals surface area contributed by atoms with Crippen molar-refractivity contribution in [3.8, 4) is 0 Å². The molecular weight excluding hydrogens is 274 g/mol.